The van der Waals surface area contributed by atoms with E-state index in [9.17, 15) is 0 Å². The van der Waals surface area contributed by atoms with Gasteiger partial charge in [0.15, 0.2) is 0 Å². The van der Waals surface area contributed by atoms with Gasteiger partial charge in [0.25, 0.3) is 0 Å². The van der Waals surface area contributed by atoms with E-state index in [0.717, 1.165) is 5.92 Å². The molecule has 0 saturated heterocycles. The van der Waals surface area contributed by atoms with Crippen molar-refractivity contribution in [3.8, 4) is 0 Å². The Balaban J connectivity index is 3.63. The van der Waals surface area contributed by atoms with Crippen molar-refractivity contribution in [2.45, 2.75) is 73.1 Å². The molecule has 0 heterocycles. The van der Waals surface area contributed by atoms with E-state index in [4.69, 9.17) is 0 Å². The average Bonchev–Trinajstić information content (AvgIpc) is 2.13. The first kappa shape index (κ1) is 14.7. The van der Waals surface area contributed by atoms with Gasteiger partial charge >= 0.3 is 0 Å². The van der Waals surface area contributed by atoms with Crippen molar-refractivity contribution in [2.24, 2.45) is 11.3 Å². The minimum atomic E-state index is 0.496. The van der Waals surface area contributed by atoms with E-state index in [1.165, 1.54) is 44.1 Å². The maximum Gasteiger partial charge on any atom is -0.0211 e. The van der Waals surface area contributed by atoms with Crippen LogP contribution in [0.4, 0.5) is 0 Å². The lowest BCUT2D eigenvalue weighted by atomic mass is 9.87. The zero-order chi connectivity index (χ0) is 11.9. The second-order valence-corrected chi connectivity index (χ2v) is 5.94. The Hall–Kier alpha value is -0.260. The fourth-order valence-corrected chi connectivity index (χ4v) is 2.08. The van der Waals surface area contributed by atoms with Gasteiger partial charge in [0.1, 0.15) is 0 Å². The van der Waals surface area contributed by atoms with Crippen LogP contribution in [0.25, 0.3) is 0 Å². The summed E-state index contributed by atoms with van der Waals surface area (Å²) in [5.74, 6) is 0.764. The topological polar surface area (TPSA) is 0 Å². The van der Waals surface area contributed by atoms with Gasteiger partial charge in [-0.25, -0.2) is 0 Å². The zero-order valence-electron chi connectivity index (χ0n) is 11.5. The summed E-state index contributed by atoms with van der Waals surface area (Å²) in [6.45, 7) is 15.7. The van der Waals surface area contributed by atoms with Crippen LogP contribution in [-0.2, 0) is 0 Å². The standard InChI is InChI=1S/C15H30/c1-7-14(8-2)13(3)11-9-10-12-15(4,5)6/h14H,3,7-12H2,1-2,4-6H3. The lowest BCUT2D eigenvalue weighted by molar-refractivity contribution is 0.358. The van der Waals surface area contributed by atoms with Crippen LogP contribution in [0, 0.1) is 11.3 Å². The highest BCUT2D eigenvalue weighted by Crippen LogP contribution is 2.25. The van der Waals surface area contributed by atoms with Gasteiger partial charge in [-0.05, 0) is 43.4 Å². The van der Waals surface area contributed by atoms with Crippen LogP contribution in [0.15, 0.2) is 12.2 Å². The van der Waals surface area contributed by atoms with Crippen LogP contribution in [0.1, 0.15) is 73.1 Å². The predicted molar refractivity (Wildman–Crippen MR) is 71.1 cm³/mol. The highest BCUT2D eigenvalue weighted by Gasteiger charge is 2.11. The van der Waals surface area contributed by atoms with Gasteiger partial charge in [0.2, 0.25) is 0 Å². The summed E-state index contributed by atoms with van der Waals surface area (Å²) in [5, 5.41) is 0. The molecule has 0 aliphatic carbocycles. The molecule has 0 saturated carbocycles. The second kappa shape index (κ2) is 7.09. The van der Waals surface area contributed by atoms with E-state index >= 15 is 0 Å². The molecule has 0 aromatic heterocycles. The normalized spacial score (nSPS) is 12.1. The molecule has 0 rings (SSSR count). The van der Waals surface area contributed by atoms with Crippen LogP contribution in [0.3, 0.4) is 0 Å². The molecule has 0 heteroatoms. The number of hydrogen-bond acceptors (Lipinski definition) is 0. The monoisotopic (exact) mass is 210 g/mol. The number of hydrogen-bond donors (Lipinski definition) is 0. The van der Waals surface area contributed by atoms with Gasteiger partial charge in [-0.2, -0.15) is 0 Å². The smallest absolute Gasteiger partial charge is 0.0211 e. The number of allylic oxidation sites excluding steroid dienone is 1. The Morgan fingerprint density at radius 2 is 1.60 bits per heavy atom. The molecule has 0 aromatic carbocycles. The maximum absolute atomic E-state index is 4.23. The molecule has 0 bridgehead atoms. The molecule has 90 valence electrons. The molecule has 0 aliphatic heterocycles. The summed E-state index contributed by atoms with van der Waals surface area (Å²) in [4.78, 5) is 0. The zero-order valence-corrected chi connectivity index (χ0v) is 11.5. The summed E-state index contributed by atoms with van der Waals surface area (Å²) in [6, 6.07) is 0. The Bertz CT molecular complexity index is 167. The predicted octanol–water partition coefficient (Wildman–Crippen LogP) is 5.59. The maximum atomic E-state index is 4.23. The minimum Gasteiger partial charge on any atom is -0.0996 e. The van der Waals surface area contributed by atoms with E-state index in [2.05, 4.69) is 41.2 Å². The van der Waals surface area contributed by atoms with Crippen molar-refractivity contribution in [3.05, 3.63) is 12.2 Å². The average molecular weight is 210 g/mol. The fraction of sp³-hybridized carbons (Fsp3) is 0.867. The SMILES string of the molecule is C=C(CCCCC(C)(C)C)C(CC)CC. The van der Waals surface area contributed by atoms with Crippen LogP contribution in [0.2, 0.25) is 0 Å². The first-order valence-electron chi connectivity index (χ1n) is 6.58. The summed E-state index contributed by atoms with van der Waals surface area (Å²) in [5.41, 5.74) is 1.98. The first-order chi connectivity index (χ1) is 6.90. The van der Waals surface area contributed by atoms with E-state index in [1.54, 1.807) is 0 Å². The van der Waals surface area contributed by atoms with Crippen molar-refractivity contribution in [1.29, 1.82) is 0 Å². The van der Waals surface area contributed by atoms with Crippen molar-refractivity contribution >= 4 is 0 Å². The molecule has 0 aromatic rings. The summed E-state index contributed by atoms with van der Waals surface area (Å²) < 4.78 is 0. The highest BCUT2D eigenvalue weighted by atomic mass is 14.2. The van der Waals surface area contributed by atoms with E-state index < -0.39 is 0 Å². The third kappa shape index (κ3) is 7.64. The third-order valence-corrected chi connectivity index (χ3v) is 3.24. The lowest BCUT2D eigenvalue weighted by Gasteiger charge is -2.19. The first-order valence-corrected chi connectivity index (χ1v) is 6.58. The quantitative estimate of drug-likeness (QED) is 0.380. The van der Waals surface area contributed by atoms with E-state index in [1.807, 2.05) is 0 Å². The largest absolute Gasteiger partial charge is 0.0996 e. The summed E-state index contributed by atoms with van der Waals surface area (Å²) >= 11 is 0. The molecule has 0 aliphatic rings. The van der Waals surface area contributed by atoms with Crippen LogP contribution in [0.5, 0.6) is 0 Å². The fourth-order valence-electron chi connectivity index (χ4n) is 2.08. The van der Waals surface area contributed by atoms with Crippen LogP contribution in [-0.4, -0.2) is 0 Å². The van der Waals surface area contributed by atoms with Crippen LogP contribution >= 0.6 is 0 Å². The molecular weight excluding hydrogens is 180 g/mol. The van der Waals surface area contributed by atoms with Gasteiger partial charge in [-0.3, -0.25) is 0 Å². The molecule has 15 heavy (non-hydrogen) atoms. The molecule has 0 N–H and O–H groups in total. The molecule has 0 atom stereocenters. The van der Waals surface area contributed by atoms with Crippen molar-refractivity contribution in [2.75, 3.05) is 0 Å². The van der Waals surface area contributed by atoms with Gasteiger partial charge in [-0.1, -0.05) is 53.2 Å². The Kier molecular flexibility index (Phi) is 6.96. The Morgan fingerprint density at radius 3 is 2.00 bits per heavy atom. The lowest BCUT2D eigenvalue weighted by Crippen LogP contribution is -2.05. The Labute approximate surface area is 97.2 Å². The van der Waals surface area contributed by atoms with Gasteiger partial charge < -0.3 is 0 Å². The summed E-state index contributed by atoms with van der Waals surface area (Å²) in [7, 11) is 0. The molecular formula is C15H30. The van der Waals surface area contributed by atoms with Gasteiger partial charge in [0, 0.05) is 0 Å². The van der Waals surface area contributed by atoms with Gasteiger partial charge in [0.05, 0.1) is 0 Å². The minimum absolute atomic E-state index is 0.496. The number of rotatable bonds is 7. The molecule has 0 amide bonds. The second-order valence-electron chi connectivity index (χ2n) is 5.94. The molecule has 0 unspecified atom stereocenters. The van der Waals surface area contributed by atoms with E-state index in [-0.39, 0.29) is 0 Å². The van der Waals surface area contributed by atoms with Crippen molar-refractivity contribution in [1.82, 2.24) is 0 Å². The molecule has 0 radical (unpaired) electrons. The van der Waals surface area contributed by atoms with Crippen LogP contribution < -0.4 is 0 Å². The highest BCUT2D eigenvalue weighted by molar-refractivity contribution is 4.99. The molecule has 0 nitrogen and oxygen atoms in total. The van der Waals surface area contributed by atoms with Gasteiger partial charge in [-0.15, -0.1) is 0 Å². The van der Waals surface area contributed by atoms with Crippen molar-refractivity contribution < 1.29 is 0 Å². The van der Waals surface area contributed by atoms with E-state index in [0.29, 0.717) is 5.41 Å². The van der Waals surface area contributed by atoms with Crippen molar-refractivity contribution in [3.63, 3.8) is 0 Å². The molecule has 0 spiro atoms. The summed E-state index contributed by atoms with van der Waals surface area (Å²) in [6.07, 6.45) is 7.77. The molecule has 0 fully saturated rings. The third-order valence-electron chi connectivity index (χ3n) is 3.24. The Morgan fingerprint density at radius 1 is 1.07 bits per heavy atom. The number of unbranched alkanes of at least 4 members (excludes halogenated alkanes) is 1.